The maximum Gasteiger partial charge on any atom is 0.227 e. The second-order valence-electron chi connectivity index (χ2n) is 9.71. The van der Waals surface area contributed by atoms with Crippen molar-refractivity contribution in [1.29, 1.82) is 0 Å². The third kappa shape index (κ3) is 7.29. The molecule has 3 aromatic carbocycles. The van der Waals surface area contributed by atoms with E-state index in [0.717, 1.165) is 28.3 Å². The van der Waals surface area contributed by atoms with Gasteiger partial charge in [0.15, 0.2) is 0 Å². The number of aromatic nitrogens is 2. The SMILES string of the molecule is Cc1ccc(Oc2c(CN(C[C@@H](O)COCc3ccccc3)C(C)C)c(C)nn2-c2ccccc2)cc1. The quantitative estimate of drug-likeness (QED) is 0.256. The van der Waals surface area contributed by atoms with Crippen LogP contribution in [0.25, 0.3) is 5.69 Å². The van der Waals surface area contributed by atoms with E-state index in [4.69, 9.17) is 14.6 Å². The molecule has 0 aliphatic heterocycles. The number of para-hydroxylation sites is 1. The molecule has 0 aliphatic carbocycles. The zero-order valence-electron chi connectivity index (χ0n) is 22.2. The Labute approximate surface area is 220 Å². The molecule has 6 heteroatoms. The van der Waals surface area contributed by atoms with Crippen LogP contribution in [0.5, 0.6) is 11.6 Å². The first-order valence-corrected chi connectivity index (χ1v) is 12.8. The van der Waals surface area contributed by atoms with Gasteiger partial charge >= 0.3 is 0 Å². The molecule has 1 atom stereocenters. The Morgan fingerprint density at radius 3 is 2.19 bits per heavy atom. The minimum atomic E-state index is -0.614. The monoisotopic (exact) mass is 499 g/mol. The van der Waals surface area contributed by atoms with E-state index < -0.39 is 6.10 Å². The standard InChI is InChI=1S/C31H37N3O3/c1-23(2)33(19-28(35)22-36-21-26-11-7-5-8-12-26)20-30-25(4)32-34(27-13-9-6-10-14-27)31(30)37-29-17-15-24(3)16-18-29/h5-18,23,28,35H,19-22H2,1-4H3/t28-/m1/s1. The molecule has 0 unspecified atom stereocenters. The number of aryl methyl sites for hydroxylation is 2. The molecule has 37 heavy (non-hydrogen) atoms. The van der Waals surface area contributed by atoms with Gasteiger partial charge in [0.1, 0.15) is 5.75 Å². The van der Waals surface area contributed by atoms with Gasteiger partial charge in [-0.3, -0.25) is 4.90 Å². The van der Waals surface area contributed by atoms with Gasteiger partial charge in [-0.25, -0.2) is 4.68 Å². The predicted molar refractivity (Wildman–Crippen MR) is 147 cm³/mol. The second-order valence-corrected chi connectivity index (χ2v) is 9.71. The van der Waals surface area contributed by atoms with Crippen molar-refractivity contribution in [2.45, 2.75) is 53.0 Å². The van der Waals surface area contributed by atoms with E-state index in [0.29, 0.717) is 25.6 Å². The average Bonchev–Trinajstić information content (AvgIpc) is 3.20. The summed E-state index contributed by atoms with van der Waals surface area (Å²) in [6.45, 7) is 10.2. The summed E-state index contributed by atoms with van der Waals surface area (Å²) in [5.74, 6) is 1.45. The van der Waals surface area contributed by atoms with Crippen molar-refractivity contribution in [2.24, 2.45) is 0 Å². The lowest BCUT2D eigenvalue weighted by Crippen LogP contribution is -2.39. The molecule has 0 amide bonds. The topological polar surface area (TPSA) is 59.8 Å². The van der Waals surface area contributed by atoms with E-state index in [-0.39, 0.29) is 12.6 Å². The van der Waals surface area contributed by atoms with Crippen LogP contribution in [0.1, 0.15) is 36.2 Å². The molecule has 0 saturated heterocycles. The van der Waals surface area contributed by atoms with E-state index in [9.17, 15) is 5.11 Å². The van der Waals surface area contributed by atoms with Crippen LogP contribution in [-0.4, -0.2) is 45.1 Å². The molecule has 0 bridgehead atoms. The van der Waals surface area contributed by atoms with E-state index in [1.54, 1.807) is 0 Å². The Hall–Kier alpha value is -3.45. The second kappa shape index (κ2) is 12.7. The first-order chi connectivity index (χ1) is 17.9. The van der Waals surface area contributed by atoms with Gasteiger partial charge in [0.2, 0.25) is 5.88 Å². The van der Waals surface area contributed by atoms with Crippen LogP contribution in [0, 0.1) is 13.8 Å². The first-order valence-electron chi connectivity index (χ1n) is 12.8. The van der Waals surface area contributed by atoms with Gasteiger partial charge in [-0.2, -0.15) is 5.10 Å². The third-order valence-electron chi connectivity index (χ3n) is 6.33. The first kappa shape index (κ1) is 26.6. The van der Waals surface area contributed by atoms with Gasteiger partial charge in [-0.05, 0) is 57.5 Å². The summed E-state index contributed by atoms with van der Waals surface area (Å²) in [6, 6.07) is 28.3. The Kier molecular flexibility index (Phi) is 9.12. The van der Waals surface area contributed by atoms with Crippen LogP contribution in [0.4, 0.5) is 0 Å². The van der Waals surface area contributed by atoms with Crippen LogP contribution in [-0.2, 0) is 17.9 Å². The smallest absolute Gasteiger partial charge is 0.227 e. The number of nitrogens with zero attached hydrogens (tertiary/aromatic N) is 3. The molecular formula is C31H37N3O3. The van der Waals surface area contributed by atoms with Crippen molar-refractivity contribution in [3.05, 3.63) is 107 Å². The minimum absolute atomic E-state index is 0.204. The predicted octanol–water partition coefficient (Wildman–Crippen LogP) is 6.07. The molecule has 1 aromatic heterocycles. The lowest BCUT2D eigenvalue weighted by atomic mass is 10.2. The number of hydrogen-bond acceptors (Lipinski definition) is 5. The number of ether oxygens (including phenoxy) is 2. The van der Waals surface area contributed by atoms with Gasteiger partial charge in [0.25, 0.3) is 0 Å². The summed E-state index contributed by atoms with van der Waals surface area (Å²) in [7, 11) is 0. The number of hydrogen-bond donors (Lipinski definition) is 1. The maximum absolute atomic E-state index is 10.8. The van der Waals surface area contributed by atoms with Gasteiger partial charge in [0, 0.05) is 19.1 Å². The molecule has 0 fully saturated rings. The molecule has 0 spiro atoms. The van der Waals surface area contributed by atoms with Gasteiger partial charge < -0.3 is 14.6 Å². The van der Waals surface area contributed by atoms with Crippen molar-refractivity contribution >= 4 is 0 Å². The highest BCUT2D eigenvalue weighted by Gasteiger charge is 2.24. The number of aliphatic hydroxyl groups excluding tert-OH is 1. The van der Waals surface area contributed by atoms with Gasteiger partial charge in [-0.1, -0.05) is 66.2 Å². The summed E-state index contributed by atoms with van der Waals surface area (Å²) in [6.07, 6.45) is -0.614. The van der Waals surface area contributed by atoms with Crippen LogP contribution in [0.15, 0.2) is 84.9 Å². The molecule has 4 aromatic rings. The van der Waals surface area contributed by atoms with Crippen molar-refractivity contribution in [1.82, 2.24) is 14.7 Å². The maximum atomic E-state index is 10.8. The molecular weight excluding hydrogens is 462 g/mol. The Bertz CT molecular complexity index is 1240. The van der Waals surface area contributed by atoms with Crippen LogP contribution < -0.4 is 4.74 Å². The van der Waals surface area contributed by atoms with Crippen molar-refractivity contribution in [3.63, 3.8) is 0 Å². The van der Waals surface area contributed by atoms with E-state index in [1.165, 1.54) is 5.56 Å². The van der Waals surface area contributed by atoms with Gasteiger partial charge in [-0.15, -0.1) is 0 Å². The normalized spacial score (nSPS) is 12.3. The lowest BCUT2D eigenvalue weighted by molar-refractivity contribution is 0.00300. The third-order valence-corrected chi connectivity index (χ3v) is 6.33. The summed E-state index contributed by atoms with van der Waals surface area (Å²) in [5, 5.41) is 15.6. The Morgan fingerprint density at radius 1 is 0.892 bits per heavy atom. The molecule has 0 saturated carbocycles. The fraction of sp³-hybridized carbons (Fsp3) is 0.323. The van der Waals surface area contributed by atoms with Crippen molar-refractivity contribution < 1.29 is 14.6 Å². The fourth-order valence-electron chi connectivity index (χ4n) is 4.16. The fourth-order valence-corrected chi connectivity index (χ4v) is 4.16. The highest BCUT2D eigenvalue weighted by atomic mass is 16.5. The summed E-state index contributed by atoms with van der Waals surface area (Å²) in [5.41, 5.74) is 5.10. The zero-order chi connectivity index (χ0) is 26.2. The van der Waals surface area contributed by atoms with E-state index in [2.05, 4.69) is 25.7 Å². The molecule has 6 nitrogen and oxygen atoms in total. The van der Waals surface area contributed by atoms with Crippen molar-refractivity contribution in [2.75, 3.05) is 13.2 Å². The molecule has 1 N–H and O–H groups in total. The summed E-state index contributed by atoms with van der Waals surface area (Å²) < 4.78 is 14.1. The molecule has 0 aliphatic rings. The molecule has 1 heterocycles. The summed E-state index contributed by atoms with van der Waals surface area (Å²) >= 11 is 0. The average molecular weight is 500 g/mol. The summed E-state index contributed by atoms with van der Waals surface area (Å²) in [4.78, 5) is 2.23. The van der Waals surface area contributed by atoms with Crippen LogP contribution in [0.3, 0.4) is 0 Å². The van der Waals surface area contributed by atoms with Gasteiger partial charge in [0.05, 0.1) is 36.3 Å². The van der Waals surface area contributed by atoms with Crippen LogP contribution >= 0.6 is 0 Å². The number of benzene rings is 3. The lowest BCUT2D eigenvalue weighted by Gasteiger charge is -2.29. The highest BCUT2D eigenvalue weighted by molar-refractivity contribution is 5.43. The Morgan fingerprint density at radius 2 is 1.54 bits per heavy atom. The van der Waals surface area contributed by atoms with E-state index >= 15 is 0 Å². The largest absolute Gasteiger partial charge is 0.439 e. The van der Waals surface area contributed by atoms with Crippen LogP contribution in [0.2, 0.25) is 0 Å². The van der Waals surface area contributed by atoms with E-state index in [1.807, 2.05) is 96.5 Å². The molecule has 4 rings (SSSR count). The Balaban J connectivity index is 1.53. The molecule has 0 radical (unpaired) electrons. The number of aliphatic hydroxyl groups is 1. The minimum Gasteiger partial charge on any atom is -0.439 e. The zero-order valence-corrected chi connectivity index (χ0v) is 22.2. The molecule has 194 valence electrons. The van der Waals surface area contributed by atoms with Crippen molar-refractivity contribution in [3.8, 4) is 17.3 Å². The highest BCUT2D eigenvalue weighted by Crippen LogP contribution is 2.32. The number of rotatable bonds is 12.